The van der Waals surface area contributed by atoms with Crippen LogP contribution in [0, 0.1) is 5.82 Å². The summed E-state index contributed by atoms with van der Waals surface area (Å²) in [6.07, 6.45) is 1.14. The molecule has 0 saturated heterocycles. The molecule has 0 spiro atoms. The highest BCUT2D eigenvalue weighted by Gasteiger charge is 2.12. The van der Waals surface area contributed by atoms with Crippen LogP contribution in [0.15, 0.2) is 45.0 Å². The highest BCUT2D eigenvalue weighted by atomic mass is 32.2. The molecule has 11 heteroatoms. The molecular weight excluding hydrogens is 327 g/mol. The Balaban J connectivity index is 1.60. The van der Waals surface area contributed by atoms with E-state index >= 15 is 0 Å². The quantitative estimate of drug-likeness (QED) is 0.656. The summed E-state index contributed by atoms with van der Waals surface area (Å²) in [6.45, 7) is 0. The molecule has 0 fully saturated rings. The Kier molecular flexibility index (Phi) is 4.19. The number of thioether (sulfide) groups is 1. The van der Waals surface area contributed by atoms with Crippen molar-refractivity contribution in [2.24, 2.45) is 0 Å². The topological polar surface area (TPSA) is 119 Å². The van der Waals surface area contributed by atoms with Gasteiger partial charge in [-0.2, -0.15) is 9.77 Å². The average molecular weight is 336 g/mol. The van der Waals surface area contributed by atoms with Crippen molar-refractivity contribution < 1.29 is 13.6 Å². The first-order valence-corrected chi connectivity index (χ1v) is 7.24. The molecule has 23 heavy (non-hydrogen) atoms. The van der Waals surface area contributed by atoms with E-state index < -0.39 is 17.4 Å². The molecule has 2 heterocycles. The molecule has 1 aromatic carbocycles. The Labute approximate surface area is 131 Å². The van der Waals surface area contributed by atoms with Crippen molar-refractivity contribution in [3.63, 3.8) is 0 Å². The van der Waals surface area contributed by atoms with Crippen LogP contribution in [-0.2, 0) is 4.79 Å². The second-order valence-corrected chi connectivity index (χ2v) is 5.17. The van der Waals surface area contributed by atoms with Gasteiger partial charge in [0.1, 0.15) is 12.1 Å². The second-order valence-electron chi connectivity index (χ2n) is 4.24. The van der Waals surface area contributed by atoms with Gasteiger partial charge in [0.25, 0.3) is 5.22 Å². The van der Waals surface area contributed by atoms with E-state index in [-0.39, 0.29) is 16.9 Å². The third-order valence-electron chi connectivity index (χ3n) is 2.60. The van der Waals surface area contributed by atoms with Crippen molar-refractivity contribution >= 4 is 17.7 Å². The van der Waals surface area contributed by atoms with E-state index in [0.29, 0.717) is 5.56 Å². The van der Waals surface area contributed by atoms with E-state index in [0.717, 1.165) is 22.8 Å². The van der Waals surface area contributed by atoms with Gasteiger partial charge in [0, 0.05) is 5.56 Å². The molecule has 0 aliphatic rings. The Morgan fingerprint density at radius 2 is 2.30 bits per heavy atom. The minimum atomic E-state index is -0.561. The predicted octanol–water partition coefficient (Wildman–Crippen LogP) is 0.623. The Hall–Kier alpha value is -2.95. The van der Waals surface area contributed by atoms with Crippen LogP contribution in [-0.4, -0.2) is 36.7 Å². The highest BCUT2D eigenvalue weighted by molar-refractivity contribution is 7.99. The molecule has 3 rings (SSSR count). The number of benzene rings is 1. The van der Waals surface area contributed by atoms with Crippen molar-refractivity contribution in [3.8, 4) is 11.5 Å². The summed E-state index contributed by atoms with van der Waals surface area (Å²) in [5.41, 5.74) is 2.20. The molecule has 2 aromatic heterocycles. The van der Waals surface area contributed by atoms with Gasteiger partial charge in [0.2, 0.25) is 11.8 Å². The number of aromatic amines is 1. The zero-order valence-electron chi connectivity index (χ0n) is 11.4. The molecule has 118 valence electrons. The minimum Gasteiger partial charge on any atom is -0.411 e. The molecule has 0 aliphatic carbocycles. The van der Waals surface area contributed by atoms with Crippen LogP contribution < -0.4 is 11.1 Å². The SMILES string of the molecule is O=C(CSc1nnc(-c2cccc(F)c2)o1)Nn1cn[nH]c1=O. The van der Waals surface area contributed by atoms with Crippen LogP contribution in [0.25, 0.3) is 11.5 Å². The first kappa shape index (κ1) is 15.0. The zero-order chi connectivity index (χ0) is 16.2. The summed E-state index contributed by atoms with van der Waals surface area (Å²) in [5, 5.41) is 13.3. The maximum absolute atomic E-state index is 13.1. The summed E-state index contributed by atoms with van der Waals surface area (Å²) < 4.78 is 19.4. The summed E-state index contributed by atoms with van der Waals surface area (Å²) in [4.78, 5) is 22.9. The van der Waals surface area contributed by atoms with E-state index in [9.17, 15) is 14.0 Å². The highest BCUT2D eigenvalue weighted by Crippen LogP contribution is 2.23. The van der Waals surface area contributed by atoms with Crippen LogP contribution in [0.2, 0.25) is 0 Å². The molecule has 0 radical (unpaired) electrons. The van der Waals surface area contributed by atoms with Gasteiger partial charge in [-0.25, -0.2) is 14.3 Å². The minimum absolute atomic E-state index is 0.0532. The van der Waals surface area contributed by atoms with E-state index in [1.165, 1.54) is 18.2 Å². The van der Waals surface area contributed by atoms with E-state index in [2.05, 4.69) is 25.8 Å². The van der Waals surface area contributed by atoms with Crippen LogP contribution >= 0.6 is 11.8 Å². The lowest BCUT2D eigenvalue weighted by atomic mass is 10.2. The van der Waals surface area contributed by atoms with Gasteiger partial charge >= 0.3 is 5.69 Å². The second kappa shape index (κ2) is 6.44. The Morgan fingerprint density at radius 1 is 1.43 bits per heavy atom. The standard InChI is InChI=1S/C12H9FN6O3S/c13-8-3-1-2-7(4-8)10-15-17-12(22-10)23-5-9(20)18-19-6-14-16-11(19)21/h1-4,6H,5H2,(H,16,21)(H,18,20). The molecule has 0 unspecified atom stereocenters. The maximum Gasteiger partial charge on any atom is 0.362 e. The molecule has 0 bridgehead atoms. The summed E-state index contributed by atoms with van der Waals surface area (Å²) in [5.74, 6) is -0.773. The fraction of sp³-hybridized carbons (Fsp3) is 0.0833. The van der Waals surface area contributed by atoms with E-state index in [1.54, 1.807) is 6.07 Å². The fourth-order valence-corrected chi connectivity index (χ4v) is 2.18. The van der Waals surface area contributed by atoms with Crippen molar-refractivity contribution in [2.75, 3.05) is 11.2 Å². The monoisotopic (exact) mass is 336 g/mol. The number of hydrogen-bond donors (Lipinski definition) is 2. The van der Waals surface area contributed by atoms with E-state index in [1.807, 2.05) is 0 Å². The van der Waals surface area contributed by atoms with Gasteiger partial charge < -0.3 is 4.42 Å². The molecule has 0 aliphatic heterocycles. The summed E-state index contributed by atoms with van der Waals surface area (Å²) in [6, 6.07) is 5.72. The lowest BCUT2D eigenvalue weighted by molar-refractivity contribution is -0.114. The molecular formula is C12H9FN6O3S. The van der Waals surface area contributed by atoms with Crippen LogP contribution in [0.1, 0.15) is 0 Å². The number of aromatic nitrogens is 5. The van der Waals surface area contributed by atoms with Crippen molar-refractivity contribution in [1.29, 1.82) is 0 Å². The number of hydrogen-bond acceptors (Lipinski definition) is 7. The molecule has 0 saturated carbocycles. The summed E-state index contributed by atoms with van der Waals surface area (Å²) >= 11 is 0.984. The summed E-state index contributed by atoms with van der Waals surface area (Å²) in [7, 11) is 0. The third kappa shape index (κ3) is 3.63. The normalized spacial score (nSPS) is 10.7. The van der Waals surface area contributed by atoms with E-state index in [4.69, 9.17) is 4.42 Å². The zero-order valence-corrected chi connectivity index (χ0v) is 12.2. The number of amides is 1. The number of carbonyl (C=O) groups excluding carboxylic acids is 1. The van der Waals surface area contributed by atoms with Crippen LogP contribution in [0.4, 0.5) is 4.39 Å². The smallest absolute Gasteiger partial charge is 0.362 e. The van der Waals surface area contributed by atoms with Crippen molar-refractivity contribution in [2.45, 2.75) is 5.22 Å². The third-order valence-corrected chi connectivity index (χ3v) is 3.42. The van der Waals surface area contributed by atoms with Crippen LogP contribution in [0.5, 0.6) is 0 Å². The molecule has 2 N–H and O–H groups in total. The lowest BCUT2D eigenvalue weighted by Crippen LogP contribution is -2.31. The number of nitrogens with one attached hydrogen (secondary N) is 2. The maximum atomic E-state index is 13.1. The van der Waals surface area contributed by atoms with Gasteiger partial charge in [-0.3, -0.25) is 10.2 Å². The largest absolute Gasteiger partial charge is 0.411 e. The number of rotatable bonds is 5. The van der Waals surface area contributed by atoms with Gasteiger partial charge in [-0.1, -0.05) is 17.8 Å². The molecule has 0 atom stereocenters. The Bertz CT molecular complexity index is 889. The Morgan fingerprint density at radius 3 is 3.04 bits per heavy atom. The lowest BCUT2D eigenvalue weighted by Gasteiger charge is -2.01. The van der Waals surface area contributed by atoms with Gasteiger partial charge in [-0.05, 0) is 18.2 Å². The first-order chi connectivity index (χ1) is 11.1. The van der Waals surface area contributed by atoms with Crippen molar-refractivity contribution in [3.05, 3.63) is 46.9 Å². The fourth-order valence-electron chi connectivity index (χ4n) is 1.63. The number of H-pyrrole nitrogens is 1. The van der Waals surface area contributed by atoms with Gasteiger partial charge in [0.05, 0.1) is 5.75 Å². The molecule has 3 aromatic rings. The van der Waals surface area contributed by atoms with Crippen LogP contribution in [0.3, 0.4) is 0 Å². The number of nitrogens with zero attached hydrogens (tertiary/aromatic N) is 4. The first-order valence-electron chi connectivity index (χ1n) is 6.26. The number of halogens is 1. The predicted molar refractivity (Wildman–Crippen MR) is 77.6 cm³/mol. The van der Waals surface area contributed by atoms with Gasteiger partial charge in [-0.15, -0.1) is 10.2 Å². The van der Waals surface area contributed by atoms with Gasteiger partial charge in [0.15, 0.2) is 0 Å². The number of carbonyl (C=O) groups is 1. The van der Waals surface area contributed by atoms with Crippen molar-refractivity contribution in [1.82, 2.24) is 25.1 Å². The molecule has 9 nitrogen and oxygen atoms in total. The molecule has 1 amide bonds. The average Bonchev–Trinajstić information content (AvgIpc) is 3.15.